The molecule has 0 fully saturated rings. The van der Waals surface area contributed by atoms with Crippen molar-refractivity contribution in [3.63, 3.8) is 0 Å². The van der Waals surface area contributed by atoms with Crippen LogP contribution in [0.25, 0.3) is 5.69 Å². The summed E-state index contributed by atoms with van der Waals surface area (Å²) in [6.07, 6.45) is 1.38. The first kappa shape index (κ1) is 12.6. The second-order valence-corrected chi connectivity index (χ2v) is 3.76. The molecule has 0 aliphatic rings. The fraction of sp³-hybridized carbons (Fsp3) is 0.167. The van der Waals surface area contributed by atoms with Gasteiger partial charge in [-0.25, -0.2) is 9.67 Å². The molecular formula is C12H12N6O. The normalized spacial score (nSPS) is 9.89. The van der Waals surface area contributed by atoms with E-state index < -0.39 is 0 Å². The number of hydrogen-bond donors (Lipinski definition) is 2. The molecular weight excluding hydrogens is 244 g/mol. The van der Waals surface area contributed by atoms with E-state index in [0.717, 1.165) is 0 Å². The number of nitrogens with one attached hydrogen (secondary N) is 1. The lowest BCUT2D eigenvalue weighted by Gasteiger charge is -2.08. The fourth-order valence-corrected chi connectivity index (χ4v) is 1.58. The van der Waals surface area contributed by atoms with Crippen molar-refractivity contribution in [2.24, 2.45) is 0 Å². The predicted molar refractivity (Wildman–Crippen MR) is 68.5 cm³/mol. The summed E-state index contributed by atoms with van der Waals surface area (Å²) in [5.74, 6) is -0.146. The molecule has 3 N–H and O–H groups in total. The molecule has 0 saturated carbocycles. The third-order valence-corrected chi connectivity index (χ3v) is 2.47. The number of carbonyl (C=O) groups is 1. The van der Waals surface area contributed by atoms with Gasteiger partial charge in [-0.3, -0.25) is 4.79 Å². The first-order chi connectivity index (χ1) is 9.15. The molecule has 0 atom stereocenters. The van der Waals surface area contributed by atoms with Crippen LogP contribution in [0.2, 0.25) is 0 Å². The molecule has 1 amide bonds. The van der Waals surface area contributed by atoms with Crippen molar-refractivity contribution in [1.29, 1.82) is 5.26 Å². The second-order valence-electron chi connectivity index (χ2n) is 3.76. The summed E-state index contributed by atoms with van der Waals surface area (Å²) in [7, 11) is 0. The van der Waals surface area contributed by atoms with Gasteiger partial charge in [0.05, 0.1) is 11.4 Å². The lowest BCUT2D eigenvalue weighted by molar-refractivity contribution is 0.0956. The fourth-order valence-electron chi connectivity index (χ4n) is 1.58. The van der Waals surface area contributed by atoms with Crippen molar-refractivity contribution in [2.75, 3.05) is 12.3 Å². The van der Waals surface area contributed by atoms with Gasteiger partial charge in [0.2, 0.25) is 0 Å². The number of rotatable bonds is 3. The summed E-state index contributed by atoms with van der Waals surface area (Å²) in [6.45, 7) is 2.38. The molecule has 7 nitrogen and oxygen atoms in total. The minimum Gasteiger partial charge on any atom is -0.397 e. The van der Waals surface area contributed by atoms with Gasteiger partial charge in [0.25, 0.3) is 11.7 Å². The molecule has 0 radical (unpaired) electrons. The van der Waals surface area contributed by atoms with Gasteiger partial charge in [-0.1, -0.05) is 0 Å². The predicted octanol–water partition coefficient (Wildman–Crippen LogP) is 0.471. The Morgan fingerprint density at radius 1 is 1.58 bits per heavy atom. The minimum absolute atomic E-state index is 0.0443. The van der Waals surface area contributed by atoms with E-state index in [1.54, 1.807) is 18.2 Å². The van der Waals surface area contributed by atoms with E-state index in [-0.39, 0.29) is 11.7 Å². The zero-order valence-corrected chi connectivity index (χ0v) is 10.3. The molecule has 96 valence electrons. The van der Waals surface area contributed by atoms with Gasteiger partial charge in [0.1, 0.15) is 12.4 Å². The minimum atomic E-state index is -0.190. The van der Waals surface area contributed by atoms with E-state index in [1.165, 1.54) is 11.0 Å². The molecule has 0 aliphatic heterocycles. The van der Waals surface area contributed by atoms with Crippen molar-refractivity contribution in [3.8, 4) is 11.8 Å². The van der Waals surface area contributed by atoms with Crippen LogP contribution in [0.3, 0.4) is 0 Å². The zero-order chi connectivity index (χ0) is 13.8. The highest BCUT2D eigenvalue weighted by Crippen LogP contribution is 2.18. The second kappa shape index (κ2) is 5.18. The highest BCUT2D eigenvalue weighted by Gasteiger charge is 2.10. The number of nitrogen functional groups attached to an aromatic ring is 1. The maximum atomic E-state index is 11.8. The van der Waals surface area contributed by atoms with E-state index in [0.29, 0.717) is 23.5 Å². The van der Waals surface area contributed by atoms with Gasteiger partial charge in [-0.15, -0.1) is 5.10 Å². The van der Waals surface area contributed by atoms with Crippen LogP contribution in [-0.4, -0.2) is 27.2 Å². The van der Waals surface area contributed by atoms with Gasteiger partial charge in [-0.05, 0) is 25.1 Å². The topological polar surface area (TPSA) is 110 Å². The van der Waals surface area contributed by atoms with Crippen molar-refractivity contribution in [1.82, 2.24) is 20.1 Å². The van der Waals surface area contributed by atoms with Gasteiger partial charge < -0.3 is 11.1 Å². The Hall–Kier alpha value is -2.88. The quantitative estimate of drug-likeness (QED) is 0.776. The van der Waals surface area contributed by atoms with Crippen LogP contribution < -0.4 is 11.1 Å². The molecule has 1 heterocycles. The summed E-state index contributed by atoms with van der Waals surface area (Å²) in [4.78, 5) is 15.5. The molecule has 1 aromatic carbocycles. The summed E-state index contributed by atoms with van der Waals surface area (Å²) in [6, 6.07) is 6.69. The Labute approximate surface area is 109 Å². The maximum Gasteiger partial charge on any atom is 0.252 e. The molecule has 2 rings (SSSR count). The first-order valence-corrected chi connectivity index (χ1v) is 5.65. The van der Waals surface area contributed by atoms with Crippen molar-refractivity contribution in [3.05, 3.63) is 35.9 Å². The number of anilines is 1. The number of nitrogens with two attached hydrogens (primary N) is 1. The van der Waals surface area contributed by atoms with Gasteiger partial charge in [0.15, 0.2) is 0 Å². The summed E-state index contributed by atoms with van der Waals surface area (Å²) in [5, 5.41) is 15.3. The van der Waals surface area contributed by atoms with E-state index in [4.69, 9.17) is 11.0 Å². The summed E-state index contributed by atoms with van der Waals surface area (Å²) < 4.78 is 1.37. The number of nitrogens with zero attached hydrogens (tertiary/aromatic N) is 4. The lowest BCUT2D eigenvalue weighted by atomic mass is 10.1. The number of amides is 1. The van der Waals surface area contributed by atoms with Crippen molar-refractivity contribution >= 4 is 11.6 Å². The Balaban J connectivity index is 2.42. The van der Waals surface area contributed by atoms with E-state index >= 15 is 0 Å². The van der Waals surface area contributed by atoms with Crippen LogP contribution in [0, 0.1) is 11.3 Å². The molecule has 2 aromatic rings. The summed E-state index contributed by atoms with van der Waals surface area (Å²) in [5.41, 5.74) is 7.27. The Bertz CT molecular complexity index is 654. The van der Waals surface area contributed by atoms with Crippen LogP contribution in [0.15, 0.2) is 24.5 Å². The Morgan fingerprint density at radius 2 is 2.37 bits per heavy atom. The summed E-state index contributed by atoms with van der Waals surface area (Å²) >= 11 is 0. The van der Waals surface area contributed by atoms with Crippen LogP contribution in [0.4, 0.5) is 5.69 Å². The Morgan fingerprint density at radius 3 is 3.00 bits per heavy atom. The van der Waals surface area contributed by atoms with Gasteiger partial charge in [-0.2, -0.15) is 5.26 Å². The third kappa shape index (κ3) is 2.52. The standard InChI is InChI=1S/C12H12N6O/c1-2-15-12(19)8-3-4-9(14)10(5-8)18-7-16-11(6-13)17-18/h3-5,7H,2,14H2,1H3,(H,15,19). The largest absolute Gasteiger partial charge is 0.397 e. The average molecular weight is 256 g/mol. The molecule has 19 heavy (non-hydrogen) atoms. The maximum absolute atomic E-state index is 11.8. The van der Waals surface area contributed by atoms with Crippen molar-refractivity contribution < 1.29 is 4.79 Å². The number of aromatic nitrogens is 3. The third-order valence-electron chi connectivity index (χ3n) is 2.47. The number of nitriles is 1. The molecule has 1 aromatic heterocycles. The smallest absolute Gasteiger partial charge is 0.252 e. The molecule has 0 aliphatic carbocycles. The average Bonchev–Trinajstić information content (AvgIpc) is 2.88. The Kier molecular flexibility index (Phi) is 3.43. The van der Waals surface area contributed by atoms with Gasteiger partial charge in [0, 0.05) is 12.1 Å². The SMILES string of the molecule is CCNC(=O)c1ccc(N)c(-n2cnc(C#N)n2)c1. The van der Waals surface area contributed by atoms with E-state index in [1.807, 2.05) is 13.0 Å². The lowest BCUT2D eigenvalue weighted by Crippen LogP contribution is -2.22. The molecule has 0 saturated heterocycles. The highest BCUT2D eigenvalue weighted by molar-refractivity contribution is 5.95. The van der Waals surface area contributed by atoms with Crippen LogP contribution in [0.1, 0.15) is 23.1 Å². The molecule has 7 heteroatoms. The van der Waals surface area contributed by atoms with E-state index in [2.05, 4.69) is 15.4 Å². The highest BCUT2D eigenvalue weighted by atomic mass is 16.1. The van der Waals surface area contributed by atoms with Crippen LogP contribution in [-0.2, 0) is 0 Å². The van der Waals surface area contributed by atoms with Crippen LogP contribution >= 0.6 is 0 Å². The number of benzene rings is 1. The van der Waals surface area contributed by atoms with E-state index in [9.17, 15) is 4.79 Å². The van der Waals surface area contributed by atoms with Crippen LogP contribution in [0.5, 0.6) is 0 Å². The number of hydrogen-bond acceptors (Lipinski definition) is 5. The monoisotopic (exact) mass is 256 g/mol. The first-order valence-electron chi connectivity index (χ1n) is 5.65. The molecule has 0 unspecified atom stereocenters. The molecule has 0 spiro atoms. The zero-order valence-electron chi connectivity index (χ0n) is 10.3. The number of carbonyl (C=O) groups excluding carboxylic acids is 1. The molecule has 0 bridgehead atoms. The van der Waals surface area contributed by atoms with Gasteiger partial charge >= 0.3 is 0 Å². The van der Waals surface area contributed by atoms with Crippen molar-refractivity contribution in [2.45, 2.75) is 6.92 Å².